The first-order valence-corrected chi connectivity index (χ1v) is 4.17. The molecular formula is C8H14F2N2O. The van der Waals surface area contributed by atoms with E-state index in [-0.39, 0.29) is 12.3 Å². The molecule has 13 heavy (non-hydrogen) atoms. The lowest BCUT2D eigenvalue weighted by Crippen LogP contribution is -2.35. The van der Waals surface area contributed by atoms with E-state index in [0.29, 0.717) is 0 Å². The van der Waals surface area contributed by atoms with Gasteiger partial charge in [0.05, 0.1) is 11.5 Å². The summed E-state index contributed by atoms with van der Waals surface area (Å²) in [5.74, 6) is -3.28. The number of alkyl halides is 2. The molecule has 1 rings (SSSR count). The number of nitrogens with two attached hydrogens (primary N) is 1. The number of halogens is 2. The van der Waals surface area contributed by atoms with E-state index in [1.54, 1.807) is 0 Å². The fourth-order valence-electron chi connectivity index (χ4n) is 1.83. The molecule has 0 bridgehead atoms. The number of rotatable bonds is 1. The van der Waals surface area contributed by atoms with Gasteiger partial charge in [0.25, 0.3) is 5.92 Å². The van der Waals surface area contributed by atoms with Crippen molar-refractivity contribution in [1.82, 2.24) is 5.32 Å². The van der Waals surface area contributed by atoms with Crippen LogP contribution in [-0.2, 0) is 4.79 Å². The Morgan fingerprint density at radius 1 is 1.62 bits per heavy atom. The molecule has 0 unspecified atom stereocenters. The summed E-state index contributed by atoms with van der Waals surface area (Å²) in [6.07, 6.45) is -0.416. The first-order chi connectivity index (χ1) is 5.82. The van der Waals surface area contributed by atoms with Gasteiger partial charge in [-0.2, -0.15) is 0 Å². The van der Waals surface area contributed by atoms with E-state index in [1.165, 1.54) is 14.0 Å². The van der Waals surface area contributed by atoms with Crippen LogP contribution in [0.5, 0.6) is 0 Å². The van der Waals surface area contributed by atoms with Gasteiger partial charge in [0.15, 0.2) is 0 Å². The van der Waals surface area contributed by atoms with E-state index < -0.39 is 23.8 Å². The van der Waals surface area contributed by atoms with Crippen LogP contribution in [0.3, 0.4) is 0 Å². The summed E-state index contributed by atoms with van der Waals surface area (Å²) in [5, 5.41) is 2.38. The topological polar surface area (TPSA) is 55.1 Å². The lowest BCUT2D eigenvalue weighted by atomic mass is 9.87. The Kier molecular flexibility index (Phi) is 2.32. The minimum absolute atomic E-state index is 0.0413. The van der Waals surface area contributed by atoms with Crippen LogP contribution >= 0.6 is 0 Å². The monoisotopic (exact) mass is 192 g/mol. The van der Waals surface area contributed by atoms with Crippen molar-refractivity contribution in [2.45, 2.75) is 31.7 Å². The van der Waals surface area contributed by atoms with Crippen LogP contribution in [0.2, 0.25) is 0 Å². The van der Waals surface area contributed by atoms with Gasteiger partial charge < -0.3 is 11.1 Å². The molecule has 0 radical (unpaired) electrons. The molecule has 76 valence electrons. The molecule has 1 aliphatic carbocycles. The SMILES string of the molecule is CNC(=O)[C@@]1(C)C[C@H](N)C(F)(F)C1. The van der Waals surface area contributed by atoms with Crippen molar-refractivity contribution in [1.29, 1.82) is 0 Å². The quantitative estimate of drug-likeness (QED) is 0.635. The van der Waals surface area contributed by atoms with Gasteiger partial charge in [-0.15, -0.1) is 0 Å². The van der Waals surface area contributed by atoms with Crippen molar-refractivity contribution in [3.63, 3.8) is 0 Å². The van der Waals surface area contributed by atoms with Crippen LogP contribution in [0.25, 0.3) is 0 Å². The Morgan fingerprint density at radius 2 is 2.15 bits per heavy atom. The maximum Gasteiger partial charge on any atom is 0.263 e. The summed E-state index contributed by atoms with van der Waals surface area (Å²) in [5.41, 5.74) is 4.23. The predicted molar refractivity (Wildman–Crippen MR) is 44.3 cm³/mol. The molecule has 0 aromatic heterocycles. The van der Waals surface area contributed by atoms with Crippen LogP contribution < -0.4 is 11.1 Å². The minimum Gasteiger partial charge on any atom is -0.359 e. The number of hydrogen-bond acceptors (Lipinski definition) is 2. The fourth-order valence-corrected chi connectivity index (χ4v) is 1.83. The molecule has 0 aliphatic heterocycles. The Morgan fingerprint density at radius 3 is 2.46 bits per heavy atom. The lowest BCUT2D eigenvalue weighted by Gasteiger charge is -2.20. The van der Waals surface area contributed by atoms with E-state index in [9.17, 15) is 13.6 Å². The van der Waals surface area contributed by atoms with E-state index in [2.05, 4.69) is 5.32 Å². The van der Waals surface area contributed by atoms with Crippen molar-refractivity contribution < 1.29 is 13.6 Å². The number of carbonyl (C=O) groups excluding carboxylic acids is 1. The number of amides is 1. The Bertz CT molecular complexity index is 232. The third-order valence-corrected chi connectivity index (χ3v) is 2.61. The zero-order valence-electron chi connectivity index (χ0n) is 7.73. The van der Waals surface area contributed by atoms with Crippen LogP contribution in [0.4, 0.5) is 8.78 Å². The normalized spacial score (nSPS) is 37.5. The smallest absolute Gasteiger partial charge is 0.263 e. The van der Waals surface area contributed by atoms with Gasteiger partial charge in [-0.25, -0.2) is 8.78 Å². The molecule has 2 atom stereocenters. The van der Waals surface area contributed by atoms with Gasteiger partial charge in [-0.05, 0) is 6.42 Å². The molecule has 3 nitrogen and oxygen atoms in total. The molecule has 3 N–H and O–H groups in total. The van der Waals surface area contributed by atoms with E-state index in [0.717, 1.165) is 0 Å². The van der Waals surface area contributed by atoms with Gasteiger partial charge in [-0.1, -0.05) is 6.92 Å². The molecule has 0 spiro atoms. The summed E-state index contributed by atoms with van der Waals surface area (Å²) < 4.78 is 26.0. The summed E-state index contributed by atoms with van der Waals surface area (Å²) >= 11 is 0. The zero-order chi connectivity index (χ0) is 10.3. The molecule has 0 aromatic carbocycles. The second-order valence-electron chi connectivity index (χ2n) is 3.89. The first-order valence-electron chi connectivity index (χ1n) is 4.17. The fraction of sp³-hybridized carbons (Fsp3) is 0.875. The number of nitrogens with one attached hydrogen (secondary N) is 1. The van der Waals surface area contributed by atoms with E-state index in [1.807, 2.05) is 0 Å². The van der Waals surface area contributed by atoms with Gasteiger partial charge >= 0.3 is 0 Å². The molecule has 1 amide bonds. The Labute approximate surface area is 75.7 Å². The van der Waals surface area contributed by atoms with Crippen molar-refractivity contribution in [3.05, 3.63) is 0 Å². The second kappa shape index (κ2) is 2.90. The Balaban J connectivity index is 2.82. The zero-order valence-corrected chi connectivity index (χ0v) is 7.73. The molecule has 0 saturated heterocycles. The van der Waals surface area contributed by atoms with Gasteiger partial charge in [0.2, 0.25) is 5.91 Å². The summed E-state index contributed by atoms with van der Waals surface area (Å²) in [6.45, 7) is 1.52. The maximum absolute atomic E-state index is 13.0. The summed E-state index contributed by atoms with van der Waals surface area (Å²) in [7, 11) is 1.44. The van der Waals surface area contributed by atoms with E-state index in [4.69, 9.17) is 5.73 Å². The number of carbonyl (C=O) groups is 1. The molecule has 0 heterocycles. The lowest BCUT2D eigenvalue weighted by molar-refractivity contribution is -0.131. The first kappa shape index (κ1) is 10.4. The van der Waals surface area contributed by atoms with Gasteiger partial charge in [-0.3, -0.25) is 4.79 Å². The van der Waals surface area contributed by atoms with Crippen LogP contribution in [-0.4, -0.2) is 24.9 Å². The maximum atomic E-state index is 13.0. The highest BCUT2D eigenvalue weighted by Crippen LogP contribution is 2.46. The predicted octanol–water partition coefficient (Wildman–Crippen LogP) is 0.495. The van der Waals surface area contributed by atoms with Crippen molar-refractivity contribution >= 4 is 5.91 Å². The van der Waals surface area contributed by atoms with Crippen molar-refractivity contribution in [2.75, 3.05) is 7.05 Å². The van der Waals surface area contributed by atoms with Crippen LogP contribution in [0.15, 0.2) is 0 Å². The highest BCUT2D eigenvalue weighted by atomic mass is 19.3. The van der Waals surface area contributed by atoms with Crippen molar-refractivity contribution in [3.8, 4) is 0 Å². The standard InChI is InChI=1S/C8H14F2N2O/c1-7(6(13)12-2)3-5(11)8(9,10)4-7/h5H,3-4,11H2,1-2H3,(H,12,13)/t5-,7-/m0/s1. The third-order valence-electron chi connectivity index (χ3n) is 2.61. The highest BCUT2D eigenvalue weighted by molar-refractivity contribution is 5.82. The molecule has 5 heteroatoms. The molecular weight excluding hydrogens is 178 g/mol. The summed E-state index contributed by atoms with van der Waals surface area (Å²) in [4.78, 5) is 11.3. The molecule has 1 aliphatic rings. The molecule has 0 aromatic rings. The summed E-state index contributed by atoms with van der Waals surface area (Å²) in [6, 6.07) is -1.20. The number of hydrogen-bond donors (Lipinski definition) is 2. The largest absolute Gasteiger partial charge is 0.359 e. The minimum atomic E-state index is -2.92. The van der Waals surface area contributed by atoms with Crippen molar-refractivity contribution in [2.24, 2.45) is 11.1 Å². The van der Waals surface area contributed by atoms with Crippen LogP contribution in [0, 0.1) is 5.41 Å². The van der Waals surface area contributed by atoms with Crippen LogP contribution in [0.1, 0.15) is 19.8 Å². The van der Waals surface area contributed by atoms with Gasteiger partial charge in [0, 0.05) is 13.5 Å². The third kappa shape index (κ3) is 1.65. The van der Waals surface area contributed by atoms with Gasteiger partial charge in [0.1, 0.15) is 0 Å². The van der Waals surface area contributed by atoms with E-state index >= 15 is 0 Å². The highest BCUT2D eigenvalue weighted by Gasteiger charge is 2.55. The Hall–Kier alpha value is -0.710. The molecule has 1 fully saturated rings. The average molecular weight is 192 g/mol. The second-order valence-corrected chi connectivity index (χ2v) is 3.89. The average Bonchev–Trinajstić information content (AvgIpc) is 2.21. The molecule has 1 saturated carbocycles.